The third-order valence-corrected chi connectivity index (χ3v) is 8.83. The largest absolute Gasteiger partial charge is 0.370 e. The molecular formula is C24H36N8O3S. The minimum absolute atomic E-state index is 0.106. The molecule has 36 heavy (non-hydrogen) atoms. The molecule has 3 aliphatic heterocycles. The molecule has 3 aliphatic rings. The number of anilines is 1. The Bertz CT molecular complexity index is 1120. The zero-order valence-corrected chi connectivity index (χ0v) is 21.2. The van der Waals surface area contributed by atoms with Crippen molar-refractivity contribution in [3.05, 3.63) is 53.4 Å². The fraction of sp³-hybridized carbons (Fsp3) is 0.500. The summed E-state index contributed by atoms with van der Waals surface area (Å²) < 4.78 is 25.4. The Hall–Kier alpha value is -3.09. The van der Waals surface area contributed by atoms with Crippen molar-refractivity contribution in [2.24, 2.45) is 16.5 Å². The molecule has 11 nitrogen and oxygen atoms in total. The van der Waals surface area contributed by atoms with E-state index in [1.165, 1.54) is 0 Å². The Balaban J connectivity index is 1.31. The molecule has 1 aromatic rings. The van der Waals surface area contributed by atoms with E-state index in [9.17, 15) is 13.2 Å². The maximum Gasteiger partial charge on any atom is 0.327 e. The van der Waals surface area contributed by atoms with Gasteiger partial charge in [-0.2, -0.15) is 0 Å². The molecule has 0 spiro atoms. The highest BCUT2D eigenvalue weighted by Gasteiger charge is 2.32. The molecule has 3 heterocycles. The number of nitrogens with one attached hydrogen (secondary N) is 4. The molecule has 0 radical (unpaired) electrons. The van der Waals surface area contributed by atoms with Gasteiger partial charge in [-0.3, -0.25) is 9.89 Å². The molecule has 1 saturated heterocycles. The molecule has 0 bridgehead atoms. The molecule has 1 atom stereocenters. The van der Waals surface area contributed by atoms with Gasteiger partial charge in [-0.25, -0.2) is 13.2 Å². The van der Waals surface area contributed by atoms with Crippen LogP contribution in [0, 0.1) is 0 Å². The average molecular weight is 517 g/mol. The van der Waals surface area contributed by atoms with Crippen molar-refractivity contribution < 1.29 is 13.2 Å². The standard InChI is InChI=1S/C24H36N8O3S/c25-23(26)29-10-1-9-28-15-17-2-4-20(5-3-17)32-16-18-14-19(30-22(18)31-24(32)33)8-13-36(34,35)21-6-11-27-12-7-21/h2-5,14,16,21-22,27-28,30H,1,6-13,15H2,(H,31,33)(H4,25,26,29). The summed E-state index contributed by atoms with van der Waals surface area (Å²) in [6.07, 6.45) is 5.99. The smallest absolute Gasteiger partial charge is 0.327 e. The monoisotopic (exact) mass is 516 g/mol. The van der Waals surface area contributed by atoms with Gasteiger partial charge in [0, 0.05) is 37.0 Å². The first kappa shape index (κ1) is 26.0. The number of hydrogen-bond acceptors (Lipinski definition) is 7. The number of hydrogen-bond donors (Lipinski definition) is 6. The quantitative estimate of drug-likeness (QED) is 0.138. The lowest BCUT2D eigenvalue weighted by Crippen LogP contribution is -2.51. The Morgan fingerprint density at radius 1 is 1.14 bits per heavy atom. The molecule has 2 amide bonds. The van der Waals surface area contributed by atoms with Crippen LogP contribution in [0.1, 0.15) is 31.2 Å². The number of sulfone groups is 1. The van der Waals surface area contributed by atoms with E-state index in [0.717, 1.165) is 48.6 Å². The van der Waals surface area contributed by atoms with Crippen molar-refractivity contribution in [3.8, 4) is 0 Å². The molecule has 0 aliphatic carbocycles. The van der Waals surface area contributed by atoms with E-state index in [0.29, 0.717) is 32.4 Å². The van der Waals surface area contributed by atoms with E-state index < -0.39 is 9.84 Å². The third-order valence-electron chi connectivity index (χ3n) is 6.57. The van der Waals surface area contributed by atoms with Crippen LogP contribution in [0.5, 0.6) is 0 Å². The molecule has 4 rings (SSSR count). The van der Waals surface area contributed by atoms with Gasteiger partial charge in [0.05, 0.1) is 16.7 Å². The van der Waals surface area contributed by atoms with Crippen molar-refractivity contribution in [1.82, 2.24) is 21.3 Å². The highest BCUT2D eigenvalue weighted by molar-refractivity contribution is 7.92. The third kappa shape index (κ3) is 6.77. The number of nitrogens with zero attached hydrogens (tertiary/aromatic N) is 2. The second kappa shape index (κ2) is 11.8. The number of aliphatic imine (C=N–C) groups is 1. The minimum atomic E-state index is -3.15. The topological polar surface area (TPSA) is 167 Å². The predicted octanol–water partition coefficient (Wildman–Crippen LogP) is 0.223. The van der Waals surface area contributed by atoms with Crippen molar-refractivity contribution >= 4 is 27.5 Å². The summed E-state index contributed by atoms with van der Waals surface area (Å²) in [7, 11) is -3.15. The number of nitrogens with two attached hydrogens (primary N) is 2. The molecule has 196 valence electrons. The van der Waals surface area contributed by atoms with E-state index in [-0.39, 0.29) is 29.2 Å². The minimum Gasteiger partial charge on any atom is -0.370 e. The number of benzene rings is 1. The summed E-state index contributed by atoms with van der Waals surface area (Å²) in [5, 5.41) is 12.5. The van der Waals surface area contributed by atoms with Crippen LogP contribution in [-0.2, 0) is 16.4 Å². The number of amides is 2. The van der Waals surface area contributed by atoms with Gasteiger partial charge in [-0.05, 0) is 62.7 Å². The summed E-state index contributed by atoms with van der Waals surface area (Å²) in [4.78, 5) is 18.3. The van der Waals surface area contributed by atoms with Crippen LogP contribution >= 0.6 is 0 Å². The van der Waals surface area contributed by atoms with Crippen LogP contribution < -0.4 is 37.6 Å². The number of carbonyl (C=O) groups is 1. The number of guanidine groups is 1. The van der Waals surface area contributed by atoms with Gasteiger partial charge >= 0.3 is 6.03 Å². The Morgan fingerprint density at radius 3 is 2.61 bits per heavy atom. The van der Waals surface area contributed by atoms with Gasteiger partial charge in [-0.15, -0.1) is 0 Å². The van der Waals surface area contributed by atoms with Crippen molar-refractivity contribution in [2.45, 2.75) is 43.6 Å². The van der Waals surface area contributed by atoms with Gasteiger partial charge in [0.15, 0.2) is 15.8 Å². The van der Waals surface area contributed by atoms with E-state index in [4.69, 9.17) is 11.5 Å². The molecule has 1 fully saturated rings. The number of piperidine rings is 1. The van der Waals surface area contributed by atoms with Gasteiger partial charge in [0.25, 0.3) is 0 Å². The summed E-state index contributed by atoms with van der Waals surface area (Å²) in [5.41, 5.74) is 14.2. The van der Waals surface area contributed by atoms with Gasteiger partial charge in [0.1, 0.15) is 6.17 Å². The van der Waals surface area contributed by atoms with Gasteiger partial charge in [0.2, 0.25) is 0 Å². The summed E-state index contributed by atoms with van der Waals surface area (Å²) in [5.74, 6) is 0.215. The fourth-order valence-corrected chi connectivity index (χ4v) is 6.35. The van der Waals surface area contributed by atoms with Crippen molar-refractivity contribution in [1.29, 1.82) is 0 Å². The second-order valence-electron chi connectivity index (χ2n) is 9.27. The van der Waals surface area contributed by atoms with Crippen molar-refractivity contribution in [2.75, 3.05) is 36.8 Å². The fourth-order valence-electron chi connectivity index (χ4n) is 4.56. The van der Waals surface area contributed by atoms with Crippen LogP contribution in [0.15, 0.2) is 52.8 Å². The van der Waals surface area contributed by atoms with E-state index in [1.807, 2.05) is 36.5 Å². The lowest BCUT2D eigenvalue weighted by atomic mass is 10.1. The predicted molar refractivity (Wildman–Crippen MR) is 142 cm³/mol. The lowest BCUT2D eigenvalue weighted by molar-refractivity contribution is 0.243. The van der Waals surface area contributed by atoms with Crippen LogP contribution in [0.2, 0.25) is 0 Å². The molecule has 8 N–H and O–H groups in total. The number of fused-ring (bicyclic) bond motifs is 1. The molecule has 1 aromatic carbocycles. The molecular weight excluding hydrogens is 480 g/mol. The Kier molecular flexibility index (Phi) is 8.49. The first-order chi connectivity index (χ1) is 17.3. The zero-order chi connectivity index (χ0) is 25.5. The molecule has 12 heteroatoms. The highest BCUT2D eigenvalue weighted by atomic mass is 32.2. The first-order valence-electron chi connectivity index (χ1n) is 12.4. The molecule has 1 unspecified atom stereocenters. The maximum atomic E-state index is 12.7. The summed E-state index contributed by atoms with van der Waals surface area (Å²) in [6, 6.07) is 7.54. The zero-order valence-electron chi connectivity index (χ0n) is 20.4. The van der Waals surface area contributed by atoms with Crippen LogP contribution in [0.25, 0.3) is 0 Å². The van der Waals surface area contributed by atoms with Crippen molar-refractivity contribution in [3.63, 3.8) is 0 Å². The number of carbonyl (C=O) groups excluding carboxylic acids is 1. The van der Waals surface area contributed by atoms with Gasteiger partial charge in [-0.1, -0.05) is 12.1 Å². The Labute approximate surface area is 212 Å². The number of rotatable bonds is 11. The first-order valence-corrected chi connectivity index (χ1v) is 14.1. The molecule has 0 aromatic heterocycles. The van der Waals surface area contributed by atoms with Gasteiger partial charge < -0.3 is 32.7 Å². The second-order valence-corrected chi connectivity index (χ2v) is 11.7. The summed E-state index contributed by atoms with van der Waals surface area (Å²) in [6.45, 7) is 3.59. The number of allylic oxidation sites excluding steroid dienone is 1. The van der Waals surface area contributed by atoms with Crippen LogP contribution in [0.4, 0.5) is 10.5 Å². The maximum absolute atomic E-state index is 12.7. The highest BCUT2D eigenvalue weighted by Crippen LogP contribution is 2.26. The van der Waals surface area contributed by atoms with E-state index >= 15 is 0 Å². The summed E-state index contributed by atoms with van der Waals surface area (Å²) >= 11 is 0. The normalized spacial score (nSPS) is 20.2. The molecule has 0 saturated carbocycles. The van der Waals surface area contributed by atoms with E-state index in [1.54, 1.807) is 4.90 Å². The average Bonchev–Trinajstić information content (AvgIpc) is 3.27. The van der Waals surface area contributed by atoms with Crippen LogP contribution in [0.3, 0.4) is 0 Å². The SMILES string of the molecule is NC(N)=NCCCNCc1ccc(N2C=C3C=C(CCS(=O)(=O)C4CCNCC4)NC3NC2=O)cc1. The van der Waals surface area contributed by atoms with Crippen LogP contribution in [-0.4, -0.2) is 63.8 Å². The number of urea groups is 1. The Morgan fingerprint density at radius 2 is 1.89 bits per heavy atom. The van der Waals surface area contributed by atoms with E-state index in [2.05, 4.69) is 26.3 Å². The lowest BCUT2D eigenvalue weighted by Gasteiger charge is -2.29.